The van der Waals surface area contributed by atoms with Crippen LogP contribution in [0.15, 0.2) is 18.2 Å². The molecule has 0 aliphatic rings. The summed E-state index contributed by atoms with van der Waals surface area (Å²) in [5.74, 6) is 0. The van der Waals surface area contributed by atoms with Gasteiger partial charge in [-0.1, -0.05) is 0 Å². The number of nitrogens with two attached hydrogens (primary N) is 1. The maximum atomic E-state index is 10.3. The van der Waals surface area contributed by atoms with Crippen LogP contribution in [0.1, 0.15) is 10.4 Å². The van der Waals surface area contributed by atoms with Crippen LogP contribution in [-0.4, -0.2) is 6.29 Å². The molecule has 0 atom stereocenters. The molecular formula is C7H6INO. The molecule has 0 aromatic heterocycles. The Morgan fingerprint density at radius 2 is 2.20 bits per heavy atom. The Kier molecular flexibility index (Phi) is 2.26. The van der Waals surface area contributed by atoms with Gasteiger partial charge in [0, 0.05) is 14.8 Å². The Morgan fingerprint density at radius 1 is 1.50 bits per heavy atom. The van der Waals surface area contributed by atoms with Gasteiger partial charge in [-0.05, 0) is 40.8 Å². The molecule has 0 saturated carbocycles. The lowest BCUT2D eigenvalue weighted by Crippen LogP contribution is -1.92. The molecule has 0 aliphatic carbocycles. The van der Waals surface area contributed by atoms with Crippen molar-refractivity contribution in [1.29, 1.82) is 0 Å². The molecule has 10 heavy (non-hydrogen) atoms. The predicted molar refractivity (Wildman–Crippen MR) is 49.0 cm³/mol. The summed E-state index contributed by atoms with van der Waals surface area (Å²) in [6.45, 7) is 0. The number of hydrogen-bond acceptors (Lipinski definition) is 2. The first-order chi connectivity index (χ1) is 4.74. The van der Waals surface area contributed by atoms with E-state index in [1.807, 2.05) is 6.07 Å². The van der Waals surface area contributed by atoms with Crippen LogP contribution < -0.4 is 5.73 Å². The number of nitrogen functional groups attached to an aromatic ring is 1. The quantitative estimate of drug-likeness (QED) is 0.466. The SMILES string of the molecule is Nc1ccc(I)cc1C=O. The summed E-state index contributed by atoms with van der Waals surface area (Å²) in [6.07, 6.45) is 0.761. The van der Waals surface area contributed by atoms with E-state index < -0.39 is 0 Å². The lowest BCUT2D eigenvalue weighted by Gasteiger charge is -1.96. The van der Waals surface area contributed by atoms with Gasteiger partial charge >= 0.3 is 0 Å². The summed E-state index contributed by atoms with van der Waals surface area (Å²) in [5, 5.41) is 0. The Labute approximate surface area is 72.6 Å². The fourth-order valence-corrected chi connectivity index (χ4v) is 1.16. The number of benzene rings is 1. The van der Waals surface area contributed by atoms with Crippen molar-refractivity contribution >= 4 is 34.6 Å². The lowest BCUT2D eigenvalue weighted by atomic mass is 10.2. The van der Waals surface area contributed by atoms with E-state index in [0.29, 0.717) is 11.3 Å². The van der Waals surface area contributed by atoms with Crippen molar-refractivity contribution in [2.24, 2.45) is 0 Å². The molecular weight excluding hydrogens is 241 g/mol. The molecule has 1 aromatic rings. The van der Waals surface area contributed by atoms with Gasteiger partial charge < -0.3 is 5.73 Å². The van der Waals surface area contributed by atoms with Crippen LogP contribution >= 0.6 is 22.6 Å². The van der Waals surface area contributed by atoms with E-state index in [1.54, 1.807) is 12.1 Å². The fraction of sp³-hybridized carbons (Fsp3) is 0. The summed E-state index contributed by atoms with van der Waals surface area (Å²) < 4.78 is 1.02. The maximum Gasteiger partial charge on any atom is 0.152 e. The van der Waals surface area contributed by atoms with Crippen LogP contribution in [0.25, 0.3) is 0 Å². The van der Waals surface area contributed by atoms with E-state index >= 15 is 0 Å². The molecule has 0 unspecified atom stereocenters. The Balaban J connectivity index is 3.21. The third-order valence-corrected chi connectivity index (χ3v) is 1.85. The van der Waals surface area contributed by atoms with Crippen molar-refractivity contribution in [3.63, 3.8) is 0 Å². The van der Waals surface area contributed by atoms with Crippen LogP contribution in [0.4, 0.5) is 5.69 Å². The van der Waals surface area contributed by atoms with Gasteiger partial charge in [0.2, 0.25) is 0 Å². The summed E-state index contributed by atoms with van der Waals surface area (Å²) in [5.41, 5.74) is 6.56. The first-order valence-corrected chi connectivity index (χ1v) is 3.82. The number of rotatable bonds is 1. The highest BCUT2D eigenvalue weighted by Crippen LogP contribution is 2.12. The van der Waals surface area contributed by atoms with Crippen molar-refractivity contribution in [3.8, 4) is 0 Å². The summed E-state index contributed by atoms with van der Waals surface area (Å²) in [6, 6.07) is 5.34. The first kappa shape index (κ1) is 7.53. The zero-order chi connectivity index (χ0) is 7.56. The molecule has 0 heterocycles. The molecule has 1 aromatic carbocycles. The molecule has 2 N–H and O–H groups in total. The van der Waals surface area contributed by atoms with Crippen molar-refractivity contribution < 1.29 is 4.79 Å². The standard InChI is InChI=1S/C7H6INO/c8-6-1-2-7(9)5(3-6)4-10/h1-4H,9H2. The third kappa shape index (κ3) is 1.47. The van der Waals surface area contributed by atoms with E-state index in [4.69, 9.17) is 5.73 Å². The normalized spacial score (nSPS) is 9.30. The number of hydrogen-bond donors (Lipinski definition) is 1. The van der Waals surface area contributed by atoms with E-state index in [2.05, 4.69) is 22.6 Å². The van der Waals surface area contributed by atoms with Crippen molar-refractivity contribution in [3.05, 3.63) is 27.3 Å². The van der Waals surface area contributed by atoms with E-state index in [-0.39, 0.29) is 0 Å². The molecule has 0 bridgehead atoms. The highest BCUT2D eigenvalue weighted by molar-refractivity contribution is 14.1. The molecule has 52 valence electrons. The number of halogens is 1. The summed E-state index contributed by atoms with van der Waals surface area (Å²) in [7, 11) is 0. The molecule has 1 rings (SSSR count). The molecule has 0 saturated heterocycles. The topological polar surface area (TPSA) is 43.1 Å². The minimum atomic E-state index is 0.537. The lowest BCUT2D eigenvalue weighted by molar-refractivity contribution is 0.112. The molecule has 0 amide bonds. The molecule has 0 radical (unpaired) electrons. The number of carbonyl (C=O) groups excluding carboxylic acids is 1. The average Bonchev–Trinajstić information content (AvgIpc) is 1.94. The molecule has 3 heteroatoms. The van der Waals surface area contributed by atoms with Crippen LogP contribution in [0.5, 0.6) is 0 Å². The van der Waals surface area contributed by atoms with Gasteiger partial charge in [-0.15, -0.1) is 0 Å². The largest absolute Gasteiger partial charge is 0.398 e. The van der Waals surface area contributed by atoms with Gasteiger partial charge in [-0.3, -0.25) is 4.79 Å². The third-order valence-electron chi connectivity index (χ3n) is 1.18. The van der Waals surface area contributed by atoms with E-state index in [1.165, 1.54) is 0 Å². The second kappa shape index (κ2) is 3.01. The van der Waals surface area contributed by atoms with E-state index in [0.717, 1.165) is 9.86 Å². The Bertz CT molecular complexity index is 260. The Morgan fingerprint density at radius 3 is 2.70 bits per heavy atom. The minimum absolute atomic E-state index is 0.537. The van der Waals surface area contributed by atoms with Crippen molar-refractivity contribution in [2.75, 3.05) is 5.73 Å². The molecule has 0 fully saturated rings. The summed E-state index contributed by atoms with van der Waals surface area (Å²) in [4.78, 5) is 10.3. The second-order valence-electron chi connectivity index (χ2n) is 1.89. The highest BCUT2D eigenvalue weighted by Gasteiger charge is 1.95. The van der Waals surface area contributed by atoms with Gasteiger partial charge in [-0.2, -0.15) is 0 Å². The monoisotopic (exact) mass is 247 g/mol. The van der Waals surface area contributed by atoms with Crippen LogP contribution in [0, 0.1) is 3.57 Å². The summed E-state index contributed by atoms with van der Waals surface area (Å²) >= 11 is 2.13. The van der Waals surface area contributed by atoms with Gasteiger partial charge in [0.1, 0.15) is 0 Å². The van der Waals surface area contributed by atoms with Crippen LogP contribution in [0.2, 0.25) is 0 Å². The highest BCUT2D eigenvalue weighted by atomic mass is 127. The fourth-order valence-electron chi connectivity index (χ4n) is 0.648. The average molecular weight is 247 g/mol. The van der Waals surface area contributed by atoms with Gasteiger partial charge in [0.15, 0.2) is 6.29 Å². The predicted octanol–water partition coefficient (Wildman–Crippen LogP) is 1.69. The van der Waals surface area contributed by atoms with Gasteiger partial charge in [-0.25, -0.2) is 0 Å². The first-order valence-electron chi connectivity index (χ1n) is 2.74. The molecule has 0 spiro atoms. The number of anilines is 1. The van der Waals surface area contributed by atoms with Crippen molar-refractivity contribution in [1.82, 2.24) is 0 Å². The zero-order valence-corrected chi connectivity index (χ0v) is 7.33. The molecule has 0 aliphatic heterocycles. The Hall–Kier alpha value is -0.580. The van der Waals surface area contributed by atoms with Crippen LogP contribution in [-0.2, 0) is 0 Å². The maximum absolute atomic E-state index is 10.3. The smallest absolute Gasteiger partial charge is 0.152 e. The number of carbonyl (C=O) groups is 1. The van der Waals surface area contributed by atoms with Gasteiger partial charge in [0.05, 0.1) is 0 Å². The van der Waals surface area contributed by atoms with Gasteiger partial charge in [0.25, 0.3) is 0 Å². The van der Waals surface area contributed by atoms with Crippen molar-refractivity contribution in [2.45, 2.75) is 0 Å². The second-order valence-corrected chi connectivity index (χ2v) is 3.14. The van der Waals surface area contributed by atoms with E-state index in [9.17, 15) is 4.79 Å². The minimum Gasteiger partial charge on any atom is -0.398 e. The zero-order valence-electron chi connectivity index (χ0n) is 5.17. The number of aldehydes is 1. The van der Waals surface area contributed by atoms with Crippen LogP contribution in [0.3, 0.4) is 0 Å². The molecule has 2 nitrogen and oxygen atoms in total.